The van der Waals surface area contributed by atoms with E-state index in [-0.39, 0.29) is 0 Å². The molecule has 0 N–H and O–H groups in total. The molecule has 0 aliphatic rings. The van der Waals surface area contributed by atoms with Crippen LogP contribution in [0, 0.1) is 0 Å². The van der Waals surface area contributed by atoms with Crippen LogP contribution in [0.2, 0.25) is 0 Å². The van der Waals surface area contributed by atoms with Gasteiger partial charge in [0.25, 0.3) is 0 Å². The molecule has 0 saturated carbocycles. The highest BCUT2D eigenvalue weighted by Crippen LogP contribution is 2.38. The lowest BCUT2D eigenvalue weighted by molar-refractivity contribution is 0.357. The van der Waals surface area contributed by atoms with Crippen LogP contribution in [0.15, 0.2) is 0 Å². The van der Waals surface area contributed by atoms with Crippen LogP contribution in [-0.2, 0) is 16.3 Å². The quantitative estimate of drug-likeness (QED) is 0.479. The Balaban J connectivity index is 3.05. The van der Waals surface area contributed by atoms with E-state index in [1.807, 2.05) is 0 Å². The Hall–Kier alpha value is 0.960. The monoisotopic (exact) mass is 198 g/mol. The second kappa shape index (κ2) is 8.06. The Morgan fingerprint density at radius 2 is 2.20 bits per heavy atom. The fourth-order valence-electron chi connectivity index (χ4n) is 0.459. The number of rotatable bonds is 6. The molecule has 0 saturated heterocycles. The van der Waals surface area contributed by atoms with Gasteiger partial charge in [0.05, 0.1) is 6.61 Å². The average Bonchev–Trinajstić information content (AvgIpc) is 1.89. The zero-order chi connectivity index (χ0) is 7.82. The fourth-order valence-corrected chi connectivity index (χ4v) is 3.61. The van der Waals surface area contributed by atoms with Crippen LogP contribution in [0.4, 0.5) is 0 Å². The minimum atomic E-state index is -0.913. The number of unbranched alkanes of at least 4 members (excludes halogenated alkanes) is 1. The third-order valence-electron chi connectivity index (χ3n) is 0.980. The van der Waals surface area contributed by atoms with Crippen molar-refractivity contribution in [3.05, 3.63) is 0 Å². The van der Waals surface area contributed by atoms with Gasteiger partial charge in [-0.2, -0.15) is 0 Å². The number of hydrogen-bond acceptors (Lipinski definition) is 3. The molecule has 1 nitrogen and oxygen atoms in total. The van der Waals surface area contributed by atoms with Crippen LogP contribution in [0.5, 0.6) is 0 Å². The lowest BCUT2D eigenvalue weighted by Gasteiger charge is -2.02. The molecular weight excluding hydrogens is 183 g/mol. The van der Waals surface area contributed by atoms with Gasteiger partial charge in [-0.05, 0) is 12.2 Å². The van der Waals surface area contributed by atoms with E-state index < -0.39 is 6.13 Å². The second-order valence-corrected chi connectivity index (χ2v) is 7.41. The third kappa shape index (κ3) is 7.07. The van der Waals surface area contributed by atoms with E-state index in [0.717, 1.165) is 18.8 Å². The van der Waals surface area contributed by atoms with E-state index in [0.29, 0.717) is 0 Å². The summed E-state index contributed by atoms with van der Waals surface area (Å²) in [7, 11) is 0. The first-order valence-electron chi connectivity index (χ1n) is 3.60. The zero-order valence-corrected chi connectivity index (χ0v) is 9.19. The second-order valence-electron chi connectivity index (χ2n) is 1.89. The van der Waals surface area contributed by atoms with Gasteiger partial charge in [-0.15, -0.1) is 11.4 Å². The highest BCUT2D eigenvalue weighted by Gasteiger charge is 1.91. The van der Waals surface area contributed by atoms with Gasteiger partial charge in [-0.3, -0.25) is 0 Å². The molecule has 4 heteroatoms. The minimum Gasteiger partial charge on any atom is -0.344 e. The van der Waals surface area contributed by atoms with Gasteiger partial charge in [-0.1, -0.05) is 32.1 Å². The van der Waals surface area contributed by atoms with E-state index in [4.69, 9.17) is 16.3 Å². The first kappa shape index (κ1) is 11.0. The largest absolute Gasteiger partial charge is 0.344 e. The highest BCUT2D eigenvalue weighted by molar-refractivity contribution is 8.62. The third-order valence-corrected chi connectivity index (χ3v) is 5.29. The van der Waals surface area contributed by atoms with E-state index in [2.05, 4.69) is 13.8 Å². The normalized spacial score (nSPS) is 13.4. The average molecular weight is 198 g/mol. The fraction of sp³-hybridized carbons (Fsp3) is 1.00. The molecule has 1 unspecified atom stereocenters. The Morgan fingerprint density at radius 3 is 2.70 bits per heavy atom. The predicted octanol–water partition coefficient (Wildman–Crippen LogP) is 3.06. The van der Waals surface area contributed by atoms with E-state index in [1.54, 1.807) is 11.4 Å². The van der Waals surface area contributed by atoms with Crippen molar-refractivity contribution in [3.63, 3.8) is 0 Å². The Morgan fingerprint density at radius 1 is 1.50 bits per heavy atom. The SMILES string of the molecule is CCCCO[PH](=S)SCC. The van der Waals surface area contributed by atoms with Gasteiger partial charge in [0.2, 0.25) is 0 Å². The van der Waals surface area contributed by atoms with Crippen LogP contribution < -0.4 is 0 Å². The highest BCUT2D eigenvalue weighted by atomic mass is 32.9. The standard InChI is InChI=1S/C6H15OPS2/c1-3-5-6-7-8(9)10-4-2/h8H,3-6H2,1-2H3. The van der Waals surface area contributed by atoms with Crippen LogP contribution in [0.1, 0.15) is 26.7 Å². The summed E-state index contributed by atoms with van der Waals surface area (Å²) in [4.78, 5) is 0. The van der Waals surface area contributed by atoms with Crippen molar-refractivity contribution in [2.24, 2.45) is 0 Å². The lowest BCUT2D eigenvalue weighted by atomic mass is 10.4. The van der Waals surface area contributed by atoms with Gasteiger partial charge in [-0.25, -0.2) is 0 Å². The van der Waals surface area contributed by atoms with Crippen LogP contribution in [0.3, 0.4) is 0 Å². The molecule has 0 heterocycles. The Kier molecular flexibility index (Phi) is 8.83. The Labute approximate surface area is 73.2 Å². The molecule has 10 heavy (non-hydrogen) atoms. The first-order valence-corrected chi connectivity index (χ1v) is 7.86. The maximum atomic E-state index is 5.40. The minimum absolute atomic E-state index is 0.862. The molecule has 0 rings (SSSR count). The summed E-state index contributed by atoms with van der Waals surface area (Å²) in [6, 6.07) is 0. The predicted molar refractivity (Wildman–Crippen MR) is 54.7 cm³/mol. The van der Waals surface area contributed by atoms with Crippen molar-refractivity contribution in [2.45, 2.75) is 26.7 Å². The van der Waals surface area contributed by atoms with Crippen LogP contribution in [-0.4, -0.2) is 12.4 Å². The molecule has 0 fully saturated rings. The summed E-state index contributed by atoms with van der Waals surface area (Å²) in [5.41, 5.74) is 0. The Bertz CT molecular complexity index is 97.7. The molecular formula is C6H15OPS2. The smallest absolute Gasteiger partial charge is 0.107 e. The first-order chi connectivity index (χ1) is 4.81. The summed E-state index contributed by atoms with van der Waals surface area (Å²) < 4.78 is 5.40. The van der Waals surface area contributed by atoms with E-state index in [9.17, 15) is 0 Å². The number of hydrogen-bond donors (Lipinski definition) is 0. The molecule has 0 radical (unpaired) electrons. The zero-order valence-electron chi connectivity index (χ0n) is 6.55. The molecule has 0 aromatic heterocycles. The summed E-state index contributed by atoms with van der Waals surface area (Å²) >= 11 is 6.87. The van der Waals surface area contributed by atoms with Crippen molar-refractivity contribution in [2.75, 3.05) is 12.4 Å². The topological polar surface area (TPSA) is 9.23 Å². The molecule has 0 aliphatic heterocycles. The van der Waals surface area contributed by atoms with Crippen molar-refractivity contribution >= 4 is 29.3 Å². The maximum Gasteiger partial charge on any atom is 0.107 e. The molecule has 0 spiro atoms. The van der Waals surface area contributed by atoms with Gasteiger partial charge in [0, 0.05) is 0 Å². The summed E-state index contributed by atoms with van der Waals surface area (Å²) in [5.74, 6) is 1.09. The van der Waals surface area contributed by atoms with Crippen molar-refractivity contribution in [1.29, 1.82) is 0 Å². The van der Waals surface area contributed by atoms with Crippen LogP contribution >= 0.6 is 17.5 Å². The summed E-state index contributed by atoms with van der Waals surface area (Å²) in [6.45, 7) is 5.14. The molecule has 0 aliphatic carbocycles. The van der Waals surface area contributed by atoms with Crippen molar-refractivity contribution < 1.29 is 4.52 Å². The van der Waals surface area contributed by atoms with Crippen LogP contribution in [0.25, 0.3) is 0 Å². The van der Waals surface area contributed by atoms with E-state index in [1.165, 1.54) is 6.42 Å². The van der Waals surface area contributed by atoms with Crippen molar-refractivity contribution in [3.8, 4) is 0 Å². The molecule has 62 valence electrons. The lowest BCUT2D eigenvalue weighted by Crippen LogP contribution is -1.82. The van der Waals surface area contributed by atoms with Crippen molar-refractivity contribution in [1.82, 2.24) is 0 Å². The van der Waals surface area contributed by atoms with Gasteiger partial charge in [0.15, 0.2) is 0 Å². The van der Waals surface area contributed by atoms with Gasteiger partial charge in [0.1, 0.15) is 6.13 Å². The summed E-state index contributed by atoms with van der Waals surface area (Å²) in [6.07, 6.45) is 1.43. The molecule has 0 aromatic carbocycles. The van der Waals surface area contributed by atoms with E-state index >= 15 is 0 Å². The maximum absolute atomic E-state index is 5.40. The molecule has 1 atom stereocenters. The molecule has 0 amide bonds. The molecule has 0 aromatic rings. The summed E-state index contributed by atoms with van der Waals surface area (Å²) in [5, 5.41) is 0. The van der Waals surface area contributed by atoms with Gasteiger partial charge < -0.3 is 4.52 Å². The molecule has 0 bridgehead atoms. The van der Waals surface area contributed by atoms with Gasteiger partial charge >= 0.3 is 0 Å².